The van der Waals surface area contributed by atoms with E-state index in [9.17, 15) is 16.8 Å². The molecule has 6 aliphatic heterocycles. The molecule has 17 heteroatoms. The van der Waals surface area contributed by atoms with E-state index in [0.717, 1.165) is 18.9 Å². The Morgan fingerprint density at radius 1 is 0.718 bits per heavy atom. The number of aliphatic hydroxyl groups is 1. The first-order chi connectivity index (χ1) is 18.0. The first-order valence-corrected chi connectivity index (χ1v) is 16.9. The molecule has 14 nitrogen and oxygen atoms in total. The molecule has 0 aromatic heterocycles. The molecule has 0 spiro atoms. The van der Waals surface area contributed by atoms with E-state index in [1.807, 2.05) is 0 Å². The zero-order chi connectivity index (χ0) is 29.3. The van der Waals surface area contributed by atoms with Gasteiger partial charge in [0.15, 0.2) is 6.79 Å². The Hall–Kier alpha value is -0.210. The molecule has 0 radical (unpaired) electrons. The van der Waals surface area contributed by atoms with Gasteiger partial charge in [0.2, 0.25) is 9.05 Å². The summed E-state index contributed by atoms with van der Waals surface area (Å²) in [6, 6.07) is 0. The smallest absolute Gasteiger partial charge is 0.283 e. The molecule has 1 N–H and O–H groups in total. The molecule has 0 unspecified atom stereocenters. The average Bonchev–Trinajstić information content (AvgIpc) is 2.85. The van der Waals surface area contributed by atoms with E-state index in [4.69, 9.17) is 43.0 Å². The van der Waals surface area contributed by atoms with Crippen LogP contribution in [-0.4, -0.2) is 113 Å². The monoisotopic (exact) mass is 628 g/mol. The van der Waals surface area contributed by atoms with Crippen molar-refractivity contribution in [2.24, 2.45) is 10.8 Å². The van der Waals surface area contributed by atoms with Crippen LogP contribution in [0, 0.1) is 10.8 Å². The van der Waals surface area contributed by atoms with Crippen LogP contribution in [0.25, 0.3) is 0 Å². The summed E-state index contributed by atoms with van der Waals surface area (Å²) in [4.78, 5) is 0. The molecule has 6 rings (SSSR count). The number of hydrogen-bond donors (Lipinski definition) is 1. The minimum atomic E-state index is -3.45. The maximum atomic E-state index is 10.7. The van der Waals surface area contributed by atoms with E-state index < -0.39 is 31.1 Å². The summed E-state index contributed by atoms with van der Waals surface area (Å²) < 4.78 is 88.1. The second kappa shape index (κ2) is 14.8. The van der Waals surface area contributed by atoms with E-state index in [0.29, 0.717) is 72.1 Å². The normalized spacial score (nSPS) is 33.6. The Bertz CT molecular complexity index is 901. The summed E-state index contributed by atoms with van der Waals surface area (Å²) in [7, 11) is -2.14. The Morgan fingerprint density at radius 3 is 1.36 bits per heavy atom. The van der Waals surface area contributed by atoms with Gasteiger partial charge in [0.1, 0.15) is 6.79 Å². The molecule has 4 bridgehead atoms. The van der Waals surface area contributed by atoms with Crippen molar-refractivity contribution in [3.8, 4) is 0 Å². The number of hydrogen-bond acceptors (Lipinski definition) is 14. The number of rotatable bonds is 12. The van der Waals surface area contributed by atoms with Gasteiger partial charge in [0, 0.05) is 47.6 Å². The van der Waals surface area contributed by atoms with E-state index in [1.165, 1.54) is 0 Å². The van der Waals surface area contributed by atoms with Crippen molar-refractivity contribution in [2.75, 3.05) is 79.0 Å². The largest absolute Gasteiger partial charge is 0.371 e. The quantitative estimate of drug-likeness (QED) is 0.141. The van der Waals surface area contributed by atoms with Crippen molar-refractivity contribution >= 4 is 29.9 Å². The minimum absolute atomic E-state index is 0.0172. The fraction of sp³-hybridized carbons (Fsp3) is 1.00. The number of halogens is 1. The third-order valence-electron chi connectivity index (χ3n) is 5.82. The summed E-state index contributed by atoms with van der Waals surface area (Å²) in [6.45, 7) is 8.43. The van der Waals surface area contributed by atoms with Gasteiger partial charge in [-0.3, -0.25) is 0 Å². The van der Waals surface area contributed by atoms with Crippen LogP contribution in [0.4, 0.5) is 0 Å². The molecule has 0 amide bonds. The lowest BCUT2D eigenvalue weighted by molar-refractivity contribution is -0.468. The molecular formula is C22H41ClO14S2. The number of ether oxygens (including phenoxy) is 8. The lowest BCUT2D eigenvalue weighted by Gasteiger charge is -2.50. The Kier molecular flexibility index (Phi) is 13.3. The highest BCUT2D eigenvalue weighted by Gasteiger charge is 2.50. The van der Waals surface area contributed by atoms with Crippen molar-refractivity contribution in [1.29, 1.82) is 0 Å². The van der Waals surface area contributed by atoms with E-state index in [-0.39, 0.29) is 24.4 Å². The zero-order valence-electron chi connectivity index (χ0n) is 22.8. The predicted molar refractivity (Wildman–Crippen MR) is 136 cm³/mol. The fourth-order valence-corrected chi connectivity index (χ4v) is 3.91. The van der Waals surface area contributed by atoms with Gasteiger partial charge in [-0.1, -0.05) is 13.8 Å². The predicted octanol–water partition coefficient (Wildman–Crippen LogP) is 1.11. The van der Waals surface area contributed by atoms with Crippen LogP contribution in [0.3, 0.4) is 0 Å². The van der Waals surface area contributed by atoms with Gasteiger partial charge in [0.05, 0.1) is 52.2 Å². The summed E-state index contributed by atoms with van der Waals surface area (Å²) in [6.07, 6.45) is 4.46. The molecule has 39 heavy (non-hydrogen) atoms. The van der Waals surface area contributed by atoms with Crippen molar-refractivity contribution in [1.82, 2.24) is 0 Å². The fourth-order valence-electron chi connectivity index (χ4n) is 3.66. The van der Waals surface area contributed by atoms with Crippen LogP contribution < -0.4 is 0 Å². The number of aliphatic hydroxyl groups excluding tert-OH is 1. The maximum Gasteiger partial charge on any atom is 0.283 e. The van der Waals surface area contributed by atoms with Crippen molar-refractivity contribution < 1.29 is 64.0 Å². The van der Waals surface area contributed by atoms with Crippen LogP contribution >= 0.6 is 10.7 Å². The molecule has 0 saturated carbocycles. The lowest BCUT2D eigenvalue weighted by Crippen LogP contribution is -2.58. The molecule has 6 saturated heterocycles. The van der Waals surface area contributed by atoms with Gasteiger partial charge in [-0.05, 0) is 12.8 Å². The highest BCUT2D eigenvalue weighted by atomic mass is 35.7. The first kappa shape index (κ1) is 35.0. The van der Waals surface area contributed by atoms with Crippen LogP contribution in [-0.2, 0) is 61.2 Å². The van der Waals surface area contributed by atoms with Gasteiger partial charge in [-0.25, -0.2) is 12.6 Å². The molecule has 0 aromatic rings. The van der Waals surface area contributed by atoms with E-state index >= 15 is 0 Å². The second-order valence-electron chi connectivity index (χ2n) is 10.5. The Labute approximate surface area is 234 Å². The molecule has 0 aromatic carbocycles. The SMILES string of the molecule is CC12COC(CCCOCO)(OC1)OC2.CC12COC(CCCOCOS(C)(=O)=O)(OC1)OC2.CS(=O)(=O)Cl. The van der Waals surface area contributed by atoms with E-state index in [2.05, 4.69) is 28.7 Å². The van der Waals surface area contributed by atoms with Gasteiger partial charge in [-0.2, -0.15) is 8.42 Å². The molecule has 6 heterocycles. The molecule has 0 aliphatic carbocycles. The maximum absolute atomic E-state index is 10.7. The standard InChI is InChI=1S/C11H20O7S.C10H18O5.CH3ClO2S/c1-10-6-15-11(16-7-10,17-8-10)4-3-5-14-9-18-19(2,12)13;1-9-5-13-10(14-6-9,15-7-9)3-2-4-12-8-11;1-5(2,3)4/h3-9H2,1-2H3;11H,2-8H2,1H3;1H3. The highest BCUT2D eigenvalue weighted by molar-refractivity contribution is 8.13. The molecule has 6 fully saturated rings. The van der Waals surface area contributed by atoms with Gasteiger partial charge in [-0.15, -0.1) is 0 Å². The molecule has 232 valence electrons. The average molecular weight is 629 g/mol. The van der Waals surface area contributed by atoms with Crippen molar-refractivity contribution in [2.45, 2.75) is 51.5 Å². The molecular weight excluding hydrogens is 588 g/mol. The Balaban J connectivity index is 0.000000238. The minimum Gasteiger partial charge on any atom is -0.371 e. The van der Waals surface area contributed by atoms with Gasteiger partial charge in [0.25, 0.3) is 22.1 Å². The van der Waals surface area contributed by atoms with Gasteiger partial charge < -0.3 is 43.0 Å². The van der Waals surface area contributed by atoms with E-state index in [1.54, 1.807) is 0 Å². The summed E-state index contributed by atoms with van der Waals surface area (Å²) in [5.74, 6) is -1.80. The van der Waals surface area contributed by atoms with Crippen LogP contribution in [0.15, 0.2) is 0 Å². The van der Waals surface area contributed by atoms with Crippen LogP contribution in [0.2, 0.25) is 0 Å². The topological polar surface area (TPSA) is 172 Å². The van der Waals surface area contributed by atoms with Crippen LogP contribution in [0.1, 0.15) is 39.5 Å². The van der Waals surface area contributed by atoms with Gasteiger partial charge >= 0.3 is 0 Å². The summed E-state index contributed by atoms with van der Waals surface area (Å²) in [5.41, 5.74) is -0.0229. The summed E-state index contributed by atoms with van der Waals surface area (Å²) in [5, 5.41) is 8.45. The third-order valence-corrected chi connectivity index (χ3v) is 6.35. The van der Waals surface area contributed by atoms with Crippen molar-refractivity contribution in [3.63, 3.8) is 0 Å². The Morgan fingerprint density at radius 2 is 1.05 bits per heavy atom. The zero-order valence-corrected chi connectivity index (χ0v) is 25.2. The molecule has 6 aliphatic rings. The lowest BCUT2D eigenvalue weighted by atomic mass is 9.91. The second-order valence-corrected chi connectivity index (χ2v) is 15.2. The van der Waals surface area contributed by atoms with Crippen molar-refractivity contribution in [3.05, 3.63) is 0 Å². The molecule has 0 atom stereocenters. The first-order valence-electron chi connectivity index (χ1n) is 12.3. The highest BCUT2D eigenvalue weighted by Crippen LogP contribution is 2.41. The summed E-state index contributed by atoms with van der Waals surface area (Å²) >= 11 is 0. The van der Waals surface area contributed by atoms with Crippen LogP contribution in [0.5, 0.6) is 0 Å². The number of fused-ring (bicyclic) bond motifs is 6. The third kappa shape index (κ3) is 13.5.